The van der Waals surface area contributed by atoms with E-state index < -0.39 is 0 Å². The number of fused-ring (bicyclic) bond motifs is 1. The Hall–Kier alpha value is -1.20. The molecule has 0 saturated heterocycles. The van der Waals surface area contributed by atoms with Gasteiger partial charge in [-0.1, -0.05) is 29.8 Å². The van der Waals surface area contributed by atoms with Crippen LogP contribution in [0.5, 0.6) is 0 Å². The van der Waals surface area contributed by atoms with E-state index in [1.807, 2.05) is 25.1 Å². The Kier molecular flexibility index (Phi) is 6.58. The summed E-state index contributed by atoms with van der Waals surface area (Å²) >= 11 is 6.53. The van der Waals surface area contributed by atoms with Crippen molar-refractivity contribution in [2.24, 2.45) is 0 Å². The van der Waals surface area contributed by atoms with E-state index in [1.165, 1.54) is 0 Å². The Balaban J connectivity index is 2.25. The van der Waals surface area contributed by atoms with Gasteiger partial charge in [0.05, 0.1) is 29.4 Å². The van der Waals surface area contributed by atoms with Crippen LogP contribution in [0.3, 0.4) is 0 Å². The first-order chi connectivity index (χ1) is 10.7. The van der Waals surface area contributed by atoms with Crippen LogP contribution in [-0.4, -0.2) is 50.4 Å². The summed E-state index contributed by atoms with van der Waals surface area (Å²) in [5.74, 6) is 0. The lowest BCUT2D eigenvalue weighted by Gasteiger charge is -2.22. The van der Waals surface area contributed by atoms with Gasteiger partial charge in [-0.3, -0.25) is 4.90 Å². The summed E-state index contributed by atoms with van der Waals surface area (Å²) in [4.78, 5) is 6.98. The second-order valence-corrected chi connectivity index (χ2v) is 5.65. The molecule has 120 valence electrons. The number of halogens is 1. The average Bonchev–Trinajstić information content (AvgIpc) is 2.54. The fourth-order valence-corrected chi connectivity index (χ4v) is 2.65. The molecule has 0 aliphatic rings. The number of aromatic nitrogens is 1. The quantitative estimate of drug-likeness (QED) is 0.747. The van der Waals surface area contributed by atoms with Crippen LogP contribution in [0.4, 0.5) is 0 Å². The molecule has 1 heterocycles. The van der Waals surface area contributed by atoms with Crippen molar-refractivity contribution >= 4 is 22.5 Å². The van der Waals surface area contributed by atoms with Crippen LogP contribution in [0.2, 0.25) is 5.02 Å². The van der Waals surface area contributed by atoms with Crippen molar-refractivity contribution in [3.05, 3.63) is 40.5 Å². The third kappa shape index (κ3) is 4.17. The lowest BCUT2D eigenvalue weighted by Crippen LogP contribution is -2.30. The van der Waals surface area contributed by atoms with E-state index in [4.69, 9.17) is 26.1 Å². The van der Waals surface area contributed by atoms with E-state index in [1.54, 1.807) is 14.2 Å². The minimum atomic E-state index is 0.675. The molecular weight excluding hydrogens is 300 g/mol. The zero-order chi connectivity index (χ0) is 15.9. The summed E-state index contributed by atoms with van der Waals surface area (Å²) < 4.78 is 10.4. The van der Waals surface area contributed by atoms with Crippen molar-refractivity contribution < 1.29 is 9.47 Å². The normalized spacial score (nSPS) is 11.5. The van der Waals surface area contributed by atoms with E-state index >= 15 is 0 Å². The van der Waals surface area contributed by atoms with E-state index in [0.717, 1.165) is 40.3 Å². The molecule has 0 aliphatic carbocycles. The molecule has 0 saturated carbocycles. The highest BCUT2D eigenvalue weighted by atomic mass is 35.5. The van der Waals surface area contributed by atoms with Crippen LogP contribution < -0.4 is 0 Å². The molecule has 0 amide bonds. The summed E-state index contributed by atoms with van der Waals surface area (Å²) in [6, 6.07) is 8.09. The lowest BCUT2D eigenvalue weighted by molar-refractivity contribution is 0.109. The molecule has 0 spiro atoms. The number of aryl methyl sites for hydroxylation is 1. The Morgan fingerprint density at radius 1 is 1.09 bits per heavy atom. The van der Waals surface area contributed by atoms with Crippen molar-refractivity contribution in [1.82, 2.24) is 9.88 Å². The number of nitrogens with zero attached hydrogens (tertiary/aromatic N) is 2. The van der Waals surface area contributed by atoms with Gasteiger partial charge in [-0.2, -0.15) is 0 Å². The molecule has 0 radical (unpaired) electrons. The molecular formula is C17H23ClN2O2. The highest BCUT2D eigenvalue weighted by molar-refractivity contribution is 6.32. The van der Waals surface area contributed by atoms with Crippen LogP contribution in [0.1, 0.15) is 11.3 Å². The molecule has 5 heteroatoms. The Labute approximate surface area is 137 Å². The number of methoxy groups -OCH3 is 2. The number of rotatable bonds is 8. The lowest BCUT2D eigenvalue weighted by atomic mass is 10.1. The minimum Gasteiger partial charge on any atom is -0.383 e. The van der Waals surface area contributed by atoms with Crippen molar-refractivity contribution in [2.75, 3.05) is 40.5 Å². The molecule has 1 aromatic heterocycles. The molecule has 0 N–H and O–H groups in total. The van der Waals surface area contributed by atoms with Gasteiger partial charge in [-0.15, -0.1) is 0 Å². The van der Waals surface area contributed by atoms with Gasteiger partial charge < -0.3 is 9.47 Å². The van der Waals surface area contributed by atoms with Gasteiger partial charge >= 0.3 is 0 Å². The SMILES string of the molecule is COCCN(CCOC)Cc1nc2ccccc2c(C)c1Cl. The summed E-state index contributed by atoms with van der Waals surface area (Å²) in [5, 5.41) is 1.86. The van der Waals surface area contributed by atoms with Crippen LogP contribution in [-0.2, 0) is 16.0 Å². The minimum absolute atomic E-state index is 0.675. The van der Waals surface area contributed by atoms with Crippen LogP contribution >= 0.6 is 11.6 Å². The van der Waals surface area contributed by atoms with Gasteiger partial charge in [0, 0.05) is 39.2 Å². The van der Waals surface area contributed by atoms with E-state index in [0.29, 0.717) is 19.8 Å². The van der Waals surface area contributed by atoms with Gasteiger partial charge in [-0.05, 0) is 18.6 Å². The molecule has 2 rings (SSSR count). The fourth-order valence-electron chi connectivity index (χ4n) is 2.44. The third-order valence-corrected chi connectivity index (χ3v) is 4.24. The molecule has 0 atom stereocenters. The molecule has 2 aromatic rings. The monoisotopic (exact) mass is 322 g/mol. The molecule has 1 aromatic carbocycles. The molecule has 0 unspecified atom stereocenters. The Morgan fingerprint density at radius 3 is 2.36 bits per heavy atom. The number of para-hydroxylation sites is 1. The van der Waals surface area contributed by atoms with Crippen molar-refractivity contribution in [2.45, 2.75) is 13.5 Å². The Bertz CT molecular complexity index is 611. The largest absolute Gasteiger partial charge is 0.383 e. The topological polar surface area (TPSA) is 34.6 Å². The molecule has 0 bridgehead atoms. The van der Waals surface area contributed by atoms with Crippen LogP contribution in [0, 0.1) is 6.92 Å². The van der Waals surface area contributed by atoms with Gasteiger partial charge in [0.25, 0.3) is 0 Å². The predicted molar refractivity (Wildman–Crippen MR) is 90.5 cm³/mol. The summed E-state index contributed by atoms with van der Waals surface area (Å²) in [5.41, 5.74) is 2.98. The second-order valence-electron chi connectivity index (χ2n) is 5.28. The third-order valence-electron chi connectivity index (χ3n) is 3.74. The predicted octanol–water partition coefficient (Wildman–Crippen LogP) is 3.29. The van der Waals surface area contributed by atoms with Gasteiger partial charge in [-0.25, -0.2) is 4.98 Å². The maximum Gasteiger partial charge on any atom is 0.0740 e. The number of pyridine rings is 1. The second kappa shape index (κ2) is 8.44. The first kappa shape index (κ1) is 17.2. The first-order valence-electron chi connectivity index (χ1n) is 7.41. The van der Waals surface area contributed by atoms with Crippen LogP contribution in [0.15, 0.2) is 24.3 Å². The average molecular weight is 323 g/mol. The van der Waals surface area contributed by atoms with Gasteiger partial charge in [0.15, 0.2) is 0 Å². The summed E-state index contributed by atoms with van der Waals surface area (Å²) in [6.07, 6.45) is 0. The summed E-state index contributed by atoms with van der Waals surface area (Å²) in [7, 11) is 3.42. The van der Waals surface area contributed by atoms with Gasteiger partial charge in [0.1, 0.15) is 0 Å². The number of benzene rings is 1. The smallest absolute Gasteiger partial charge is 0.0740 e. The Morgan fingerprint density at radius 2 is 1.73 bits per heavy atom. The van der Waals surface area contributed by atoms with E-state index in [9.17, 15) is 0 Å². The van der Waals surface area contributed by atoms with E-state index in [2.05, 4.69) is 11.0 Å². The molecule has 0 fully saturated rings. The number of ether oxygens (including phenoxy) is 2. The van der Waals surface area contributed by atoms with Crippen molar-refractivity contribution in [3.63, 3.8) is 0 Å². The number of hydrogen-bond donors (Lipinski definition) is 0. The molecule has 22 heavy (non-hydrogen) atoms. The first-order valence-corrected chi connectivity index (χ1v) is 7.79. The maximum absolute atomic E-state index is 6.53. The number of hydrogen-bond acceptors (Lipinski definition) is 4. The maximum atomic E-state index is 6.53. The van der Waals surface area contributed by atoms with Crippen LogP contribution in [0.25, 0.3) is 10.9 Å². The molecule has 4 nitrogen and oxygen atoms in total. The molecule has 0 aliphatic heterocycles. The fraction of sp³-hybridized carbons (Fsp3) is 0.471. The van der Waals surface area contributed by atoms with Crippen molar-refractivity contribution in [1.29, 1.82) is 0 Å². The van der Waals surface area contributed by atoms with Crippen molar-refractivity contribution in [3.8, 4) is 0 Å². The zero-order valence-corrected chi connectivity index (χ0v) is 14.2. The highest BCUT2D eigenvalue weighted by Gasteiger charge is 2.14. The standard InChI is InChI=1S/C17H23ClN2O2/c1-13-14-6-4-5-7-15(14)19-16(17(13)18)12-20(8-10-21-2)9-11-22-3/h4-7H,8-12H2,1-3H3. The van der Waals surface area contributed by atoms with Gasteiger partial charge in [0.2, 0.25) is 0 Å². The summed E-state index contributed by atoms with van der Waals surface area (Å²) in [6.45, 7) is 5.73. The van der Waals surface area contributed by atoms with E-state index in [-0.39, 0.29) is 0 Å². The zero-order valence-electron chi connectivity index (χ0n) is 13.4. The highest BCUT2D eigenvalue weighted by Crippen LogP contribution is 2.27.